The van der Waals surface area contributed by atoms with Gasteiger partial charge in [0.2, 0.25) is 0 Å². The van der Waals surface area contributed by atoms with E-state index in [-0.39, 0.29) is 18.6 Å². The van der Waals surface area contributed by atoms with Crippen molar-refractivity contribution >= 4 is 5.91 Å². The average molecular weight is 262 g/mol. The second-order valence-electron chi connectivity index (χ2n) is 5.49. The van der Waals surface area contributed by atoms with Gasteiger partial charge < -0.3 is 15.8 Å². The zero-order chi connectivity index (χ0) is 13.8. The fraction of sp³-hybridized carbons (Fsp3) is 0.533. The third-order valence-corrected chi connectivity index (χ3v) is 3.32. The first-order valence-corrected chi connectivity index (χ1v) is 6.84. The molecule has 0 heterocycles. The van der Waals surface area contributed by atoms with Crippen molar-refractivity contribution in [3.8, 4) is 5.75 Å². The van der Waals surface area contributed by atoms with E-state index in [1.165, 1.54) is 11.1 Å². The summed E-state index contributed by atoms with van der Waals surface area (Å²) in [6, 6.07) is 6.05. The molecule has 1 atom stereocenters. The molecule has 4 nitrogen and oxygen atoms in total. The van der Waals surface area contributed by atoms with E-state index in [9.17, 15) is 4.79 Å². The van der Waals surface area contributed by atoms with Crippen LogP contribution in [0.5, 0.6) is 5.75 Å². The van der Waals surface area contributed by atoms with E-state index in [2.05, 4.69) is 19.2 Å². The number of nitrogens with one attached hydrogen (secondary N) is 1. The van der Waals surface area contributed by atoms with Crippen molar-refractivity contribution < 1.29 is 9.53 Å². The second kappa shape index (κ2) is 6.06. The summed E-state index contributed by atoms with van der Waals surface area (Å²) in [6.07, 6.45) is 1.99. The average Bonchev–Trinajstić information content (AvgIpc) is 2.75. The van der Waals surface area contributed by atoms with Crippen LogP contribution in [0.25, 0.3) is 0 Å². The summed E-state index contributed by atoms with van der Waals surface area (Å²) in [5.41, 5.74) is 8.43. The number of amides is 1. The van der Waals surface area contributed by atoms with Gasteiger partial charge in [-0.2, -0.15) is 0 Å². The van der Waals surface area contributed by atoms with Gasteiger partial charge in [-0.15, -0.1) is 0 Å². The van der Waals surface area contributed by atoms with Gasteiger partial charge in [-0.05, 0) is 42.0 Å². The maximum atomic E-state index is 11.6. The van der Waals surface area contributed by atoms with Crippen molar-refractivity contribution in [2.75, 3.05) is 13.2 Å². The third-order valence-electron chi connectivity index (χ3n) is 3.32. The van der Waals surface area contributed by atoms with Crippen molar-refractivity contribution in [1.29, 1.82) is 0 Å². The van der Waals surface area contributed by atoms with Crippen LogP contribution in [0.2, 0.25) is 0 Å². The largest absolute Gasteiger partial charge is 0.484 e. The standard InChI is InChI=1S/C15H22N2O2/c1-10(2)8-17-15(18)9-19-12-4-5-13-11(7-12)3-6-14(13)16/h4-5,7,10,14H,3,6,8-9,16H2,1-2H3,(H,17,18)/t14-/m0/s1. The van der Waals surface area contributed by atoms with Gasteiger partial charge in [0.1, 0.15) is 5.75 Å². The quantitative estimate of drug-likeness (QED) is 0.850. The van der Waals surface area contributed by atoms with Crippen LogP contribution >= 0.6 is 0 Å². The fourth-order valence-electron chi connectivity index (χ4n) is 2.23. The van der Waals surface area contributed by atoms with E-state index >= 15 is 0 Å². The van der Waals surface area contributed by atoms with E-state index in [4.69, 9.17) is 10.5 Å². The lowest BCUT2D eigenvalue weighted by molar-refractivity contribution is -0.123. The first-order valence-electron chi connectivity index (χ1n) is 6.84. The Bertz CT molecular complexity index is 457. The van der Waals surface area contributed by atoms with Crippen LogP contribution in [0.1, 0.15) is 37.4 Å². The normalized spacial score (nSPS) is 17.4. The molecule has 104 valence electrons. The second-order valence-corrected chi connectivity index (χ2v) is 5.49. The summed E-state index contributed by atoms with van der Waals surface area (Å²) < 4.78 is 5.51. The molecule has 1 aromatic carbocycles. The van der Waals surface area contributed by atoms with Gasteiger partial charge in [-0.1, -0.05) is 19.9 Å². The molecule has 1 aliphatic rings. The molecule has 0 saturated heterocycles. The zero-order valence-corrected chi connectivity index (χ0v) is 11.6. The minimum Gasteiger partial charge on any atom is -0.484 e. The first-order chi connectivity index (χ1) is 9.06. The van der Waals surface area contributed by atoms with Gasteiger partial charge in [0.05, 0.1) is 0 Å². The molecule has 0 bridgehead atoms. The number of benzene rings is 1. The topological polar surface area (TPSA) is 64.3 Å². The zero-order valence-electron chi connectivity index (χ0n) is 11.6. The van der Waals surface area contributed by atoms with Gasteiger partial charge in [-0.3, -0.25) is 4.79 Å². The SMILES string of the molecule is CC(C)CNC(=O)COc1ccc2c(c1)CC[C@@H]2N. The maximum absolute atomic E-state index is 11.6. The highest BCUT2D eigenvalue weighted by atomic mass is 16.5. The molecule has 1 aliphatic carbocycles. The highest BCUT2D eigenvalue weighted by Crippen LogP contribution is 2.31. The molecule has 0 aromatic heterocycles. The van der Waals surface area contributed by atoms with Crippen LogP contribution in [0.4, 0.5) is 0 Å². The minimum atomic E-state index is -0.0779. The highest BCUT2D eigenvalue weighted by molar-refractivity contribution is 5.77. The van der Waals surface area contributed by atoms with Gasteiger partial charge in [0.25, 0.3) is 5.91 Å². The van der Waals surface area contributed by atoms with Gasteiger partial charge in [0.15, 0.2) is 6.61 Å². The molecule has 0 spiro atoms. The molecular weight excluding hydrogens is 240 g/mol. The molecule has 0 radical (unpaired) electrons. The van der Waals surface area contributed by atoms with Crippen LogP contribution in [0, 0.1) is 5.92 Å². The molecule has 0 unspecified atom stereocenters. The lowest BCUT2D eigenvalue weighted by atomic mass is 10.1. The monoisotopic (exact) mass is 262 g/mol. The summed E-state index contributed by atoms with van der Waals surface area (Å²) >= 11 is 0. The lowest BCUT2D eigenvalue weighted by Gasteiger charge is -2.10. The number of rotatable bonds is 5. The minimum absolute atomic E-state index is 0.0670. The summed E-state index contributed by atoms with van der Waals surface area (Å²) in [6.45, 7) is 4.87. The first kappa shape index (κ1) is 13.9. The molecule has 4 heteroatoms. The Morgan fingerprint density at radius 3 is 3.05 bits per heavy atom. The smallest absolute Gasteiger partial charge is 0.257 e. The van der Waals surface area contributed by atoms with E-state index in [0.717, 1.165) is 18.6 Å². The Balaban J connectivity index is 1.85. The summed E-state index contributed by atoms with van der Waals surface area (Å²) in [5.74, 6) is 1.11. The lowest BCUT2D eigenvalue weighted by Crippen LogP contribution is -2.31. The van der Waals surface area contributed by atoms with Crippen LogP contribution in [0.15, 0.2) is 18.2 Å². The molecule has 19 heavy (non-hydrogen) atoms. The van der Waals surface area contributed by atoms with Crippen molar-refractivity contribution in [2.45, 2.75) is 32.7 Å². The summed E-state index contributed by atoms with van der Waals surface area (Å²) in [5, 5.41) is 2.83. The Kier molecular flexibility index (Phi) is 4.43. The number of carbonyl (C=O) groups is 1. The van der Waals surface area contributed by atoms with Crippen molar-refractivity contribution in [3.05, 3.63) is 29.3 Å². The number of carbonyl (C=O) groups excluding carboxylic acids is 1. The maximum Gasteiger partial charge on any atom is 0.257 e. The van der Waals surface area contributed by atoms with Gasteiger partial charge in [0, 0.05) is 12.6 Å². The number of aryl methyl sites for hydroxylation is 1. The predicted octanol–water partition coefficient (Wildman–Crippen LogP) is 1.78. The van der Waals surface area contributed by atoms with Gasteiger partial charge in [-0.25, -0.2) is 0 Å². The number of hydrogen-bond acceptors (Lipinski definition) is 3. The van der Waals surface area contributed by atoms with Crippen LogP contribution in [0.3, 0.4) is 0 Å². The molecule has 1 amide bonds. The van der Waals surface area contributed by atoms with Crippen LogP contribution in [-0.4, -0.2) is 19.1 Å². The van der Waals surface area contributed by atoms with E-state index in [1.54, 1.807) is 0 Å². The fourth-order valence-corrected chi connectivity index (χ4v) is 2.23. The number of nitrogens with two attached hydrogens (primary N) is 1. The van der Waals surface area contributed by atoms with Gasteiger partial charge >= 0.3 is 0 Å². The molecular formula is C15H22N2O2. The number of ether oxygens (including phenoxy) is 1. The number of fused-ring (bicyclic) bond motifs is 1. The Hall–Kier alpha value is -1.55. The third kappa shape index (κ3) is 3.70. The highest BCUT2D eigenvalue weighted by Gasteiger charge is 2.19. The molecule has 0 fully saturated rings. The van der Waals surface area contributed by atoms with E-state index < -0.39 is 0 Å². The molecule has 0 saturated carbocycles. The van der Waals surface area contributed by atoms with Crippen LogP contribution in [-0.2, 0) is 11.2 Å². The number of hydrogen-bond donors (Lipinski definition) is 2. The van der Waals surface area contributed by atoms with E-state index in [1.807, 2.05) is 18.2 Å². The predicted molar refractivity (Wildman–Crippen MR) is 75.0 cm³/mol. The molecule has 0 aliphatic heterocycles. The van der Waals surface area contributed by atoms with Crippen molar-refractivity contribution in [1.82, 2.24) is 5.32 Å². The van der Waals surface area contributed by atoms with Crippen molar-refractivity contribution in [3.63, 3.8) is 0 Å². The van der Waals surface area contributed by atoms with Crippen LogP contribution < -0.4 is 15.8 Å². The van der Waals surface area contributed by atoms with Crippen molar-refractivity contribution in [2.24, 2.45) is 11.7 Å². The van der Waals surface area contributed by atoms with E-state index in [0.29, 0.717) is 12.5 Å². The summed E-state index contributed by atoms with van der Waals surface area (Å²) in [4.78, 5) is 11.6. The molecule has 2 rings (SSSR count). The Morgan fingerprint density at radius 2 is 2.32 bits per heavy atom. The molecule has 1 aromatic rings. The molecule has 3 N–H and O–H groups in total. The Labute approximate surface area is 114 Å². The summed E-state index contributed by atoms with van der Waals surface area (Å²) in [7, 11) is 0. The Morgan fingerprint density at radius 1 is 1.53 bits per heavy atom.